The number of nitrogens with zero attached hydrogens (tertiary/aromatic N) is 2. The highest BCUT2D eigenvalue weighted by molar-refractivity contribution is 6.01. The van der Waals surface area contributed by atoms with Gasteiger partial charge in [-0.1, -0.05) is 50.3 Å². The predicted molar refractivity (Wildman–Crippen MR) is 129 cm³/mol. The van der Waals surface area contributed by atoms with Gasteiger partial charge in [-0.15, -0.1) is 0 Å². The van der Waals surface area contributed by atoms with Crippen LogP contribution in [-0.2, 0) is 0 Å². The van der Waals surface area contributed by atoms with Crippen molar-refractivity contribution in [1.29, 1.82) is 0 Å². The normalized spacial score (nSPS) is 16.0. The van der Waals surface area contributed by atoms with Gasteiger partial charge in [0.2, 0.25) is 0 Å². The van der Waals surface area contributed by atoms with Crippen LogP contribution in [0.2, 0.25) is 0 Å². The Bertz CT molecular complexity index is 1180. The molecule has 8 heteroatoms. The molecular weight excluding hydrogens is 435 g/mol. The van der Waals surface area contributed by atoms with Gasteiger partial charge in [0.05, 0.1) is 11.6 Å². The number of fused-ring (bicyclic) bond motifs is 1. The third-order valence-electron chi connectivity index (χ3n) is 6.66. The summed E-state index contributed by atoms with van der Waals surface area (Å²) >= 11 is 0. The minimum Gasteiger partial charge on any atom is -0.465 e. The topological polar surface area (TPSA) is 98.3 Å². The molecule has 1 aliphatic carbocycles. The first-order valence-corrected chi connectivity index (χ1v) is 11.9. The molecule has 0 radical (unpaired) electrons. The van der Waals surface area contributed by atoms with Crippen molar-refractivity contribution in [2.45, 2.75) is 51.0 Å². The van der Waals surface area contributed by atoms with Gasteiger partial charge in [0, 0.05) is 25.2 Å². The van der Waals surface area contributed by atoms with Crippen LogP contribution in [0.1, 0.15) is 67.2 Å². The summed E-state index contributed by atoms with van der Waals surface area (Å²) in [5.74, 6) is -0.229. The summed E-state index contributed by atoms with van der Waals surface area (Å²) in [6, 6.07) is 9.75. The number of halogens is 1. The van der Waals surface area contributed by atoms with Gasteiger partial charge in [-0.2, -0.15) is 0 Å². The highest BCUT2D eigenvalue weighted by atomic mass is 19.1. The zero-order chi connectivity index (χ0) is 24.2. The molecule has 7 nitrogen and oxygen atoms in total. The van der Waals surface area contributed by atoms with Gasteiger partial charge in [0.25, 0.3) is 5.91 Å². The molecule has 4 rings (SSSR count). The Morgan fingerprint density at radius 2 is 1.74 bits per heavy atom. The summed E-state index contributed by atoms with van der Waals surface area (Å²) in [5, 5.41) is 12.1. The minimum atomic E-state index is -1.12. The Morgan fingerprint density at radius 1 is 1.06 bits per heavy atom. The Kier molecular flexibility index (Phi) is 7.14. The van der Waals surface area contributed by atoms with Crippen molar-refractivity contribution in [2.24, 2.45) is 5.92 Å². The number of rotatable bonds is 5. The van der Waals surface area contributed by atoms with Crippen LogP contribution in [0.3, 0.4) is 0 Å². The quantitative estimate of drug-likeness (QED) is 0.447. The van der Waals surface area contributed by atoms with Crippen LogP contribution in [-0.4, -0.2) is 46.1 Å². The molecule has 1 aliphatic rings. The van der Waals surface area contributed by atoms with E-state index in [1.165, 1.54) is 11.3 Å². The van der Waals surface area contributed by atoms with Gasteiger partial charge in [-0.05, 0) is 42.5 Å². The summed E-state index contributed by atoms with van der Waals surface area (Å²) in [7, 11) is 3.31. The van der Waals surface area contributed by atoms with Crippen molar-refractivity contribution >= 4 is 23.0 Å². The van der Waals surface area contributed by atoms with Gasteiger partial charge in [0.1, 0.15) is 11.3 Å². The van der Waals surface area contributed by atoms with Gasteiger partial charge in [-0.3, -0.25) is 4.79 Å². The second-order valence-electron chi connectivity index (χ2n) is 9.22. The van der Waals surface area contributed by atoms with Crippen LogP contribution in [0.15, 0.2) is 36.4 Å². The van der Waals surface area contributed by atoms with Crippen LogP contribution in [0.4, 0.5) is 9.18 Å². The molecule has 1 unspecified atom stereocenters. The molecule has 0 aliphatic heterocycles. The molecule has 2 amide bonds. The van der Waals surface area contributed by atoms with Crippen molar-refractivity contribution in [3.63, 3.8) is 0 Å². The molecule has 3 N–H and O–H groups in total. The number of aromatic nitrogens is 2. The average molecular weight is 467 g/mol. The number of carbonyl (C=O) groups is 2. The lowest BCUT2D eigenvalue weighted by atomic mass is 9.85. The lowest BCUT2D eigenvalue weighted by molar-refractivity contribution is 0.0828. The summed E-state index contributed by atoms with van der Waals surface area (Å²) in [6.07, 6.45) is 6.24. The number of imidazole rings is 1. The maximum Gasteiger partial charge on any atom is 0.405 e. The maximum atomic E-state index is 15.8. The van der Waals surface area contributed by atoms with Crippen molar-refractivity contribution in [3.8, 4) is 11.1 Å². The predicted octanol–water partition coefficient (Wildman–Crippen LogP) is 5.74. The van der Waals surface area contributed by atoms with Crippen molar-refractivity contribution in [1.82, 2.24) is 20.2 Å². The highest BCUT2D eigenvalue weighted by Gasteiger charge is 2.29. The molecule has 2 aromatic carbocycles. The Morgan fingerprint density at radius 3 is 2.41 bits per heavy atom. The fourth-order valence-electron chi connectivity index (χ4n) is 4.93. The first kappa shape index (κ1) is 23.7. The lowest BCUT2D eigenvalue weighted by Gasteiger charge is -2.27. The zero-order valence-corrected chi connectivity index (χ0v) is 19.6. The SMILES string of the molecule is CN(C)C(=O)c1ccccc1-c1ccc2[nH]c(C(NC(=O)O)C3CCCCCCC3)nc2c1F. The van der Waals surface area contributed by atoms with E-state index in [1.807, 2.05) is 0 Å². The van der Waals surface area contributed by atoms with E-state index < -0.39 is 18.0 Å². The smallest absolute Gasteiger partial charge is 0.405 e. The Balaban J connectivity index is 1.76. The molecule has 0 bridgehead atoms. The number of amides is 2. The molecule has 1 atom stereocenters. The highest BCUT2D eigenvalue weighted by Crippen LogP contribution is 2.35. The fraction of sp³-hybridized carbons (Fsp3) is 0.423. The van der Waals surface area contributed by atoms with E-state index in [9.17, 15) is 14.7 Å². The number of benzene rings is 2. The first-order valence-electron chi connectivity index (χ1n) is 11.9. The van der Waals surface area contributed by atoms with Crippen LogP contribution in [0.25, 0.3) is 22.2 Å². The molecule has 180 valence electrons. The molecule has 1 saturated carbocycles. The summed E-state index contributed by atoms with van der Waals surface area (Å²) in [4.78, 5) is 33.4. The number of aromatic amines is 1. The molecule has 1 heterocycles. The Labute approximate surface area is 198 Å². The lowest BCUT2D eigenvalue weighted by Crippen LogP contribution is -2.33. The number of nitrogens with one attached hydrogen (secondary N) is 2. The third kappa shape index (κ3) is 4.90. The average Bonchev–Trinajstić information content (AvgIpc) is 3.22. The van der Waals surface area contributed by atoms with Crippen LogP contribution >= 0.6 is 0 Å². The summed E-state index contributed by atoms with van der Waals surface area (Å²) < 4.78 is 15.8. The zero-order valence-electron chi connectivity index (χ0n) is 19.6. The van der Waals surface area contributed by atoms with E-state index in [-0.39, 0.29) is 22.9 Å². The van der Waals surface area contributed by atoms with E-state index in [0.29, 0.717) is 22.5 Å². The molecule has 0 spiro atoms. The second kappa shape index (κ2) is 10.2. The minimum absolute atomic E-state index is 0.0953. The van der Waals surface area contributed by atoms with E-state index in [0.717, 1.165) is 38.5 Å². The second-order valence-corrected chi connectivity index (χ2v) is 9.22. The van der Waals surface area contributed by atoms with E-state index >= 15 is 4.39 Å². The van der Waals surface area contributed by atoms with Gasteiger partial charge < -0.3 is 20.3 Å². The van der Waals surface area contributed by atoms with Crippen LogP contribution in [0, 0.1) is 11.7 Å². The summed E-state index contributed by atoms with van der Waals surface area (Å²) in [5.41, 5.74) is 1.82. The molecule has 1 aromatic heterocycles. The number of H-pyrrole nitrogens is 1. The van der Waals surface area contributed by atoms with E-state index in [2.05, 4.69) is 15.3 Å². The van der Waals surface area contributed by atoms with Crippen LogP contribution < -0.4 is 5.32 Å². The number of hydrogen-bond donors (Lipinski definition) is 3. The molecule has 0 saturated heterocycles. The molecule has 34 heavy (non-hydrogen) atoms. The first-order chi connectivity index (χ1) is 16.4. The Hall–Kier alpha value is -3.42. The third-order valence-corrected chi connectivity index (χ3v) is 6.66. The van der Waals surface area contributed by atoms with Gasteiger partial charge in [0.15, 0.2) is 5.82 Å². The fourth-order valence-corrected chi connectivity index (χ4v) is 4.93. The summed E-state index contributed by atoms with van der Waals surface area (Å²) in [6.45, 7) is 0. The number of hydrogen-bond acceptors (Lipinski definition) is 3. The van der Waals surface area contributed by atoms with Crippen molar-refractivity contribution < 1.29 is 19.1 Å². The number of carboxylic acid groups (broad SMARTS) is 1. The largest absolute Gasteiger partial charge is 0.465 e. The van der Waals surface area contributed by atoms with E-state index in [4.69, 9.17) is 0 Å². The van der Waals surface area contributed by atoms with Gasteiger partial charge in [-0.25, -0.2) is 14.2 Å². The van der Waals surface area contributed by atoms with Gasteiger partial charge >= 0.3 is 6.09 Å². The number of carbonyl (C=O) groups excluding carboxylic acids is 1. The maximum absolute atomic E-state index is 15.8. The molecular formula is C26H31FN4O3. The molecule has 1 fully saturated rings. The van der Waals surface area contributed by atoms with Crippen molar-refractivity contribution in [2.75, 3.05) is 14.1 Å². The van der Waals surface area contributed by atoms with E-state index in [1.54, 1.807) is 50.5 Å². The standard InChI is InChI=1S/C26H31FN4O3/c1-31(2)25(32)19-13-9-8-12-17(19)18-14-15-20-23(21(18)27)29-24(28-20)22(30-26(33)34)16-10-6-4-3-5-7-11-16/h8-9,12-16,22,30H,3-7,10-11H2,1-2H3,(H,28,29)(H,33,34). The van der Waals surface area contributed by atoms with Crippen molar-refractivity contribution in [3.05, 3.63) is 53.6 Å². The molecule has 3 aromatic rings. The monoisotopic (exact) mass is 466 g/mol. The van der Waals surface area contributed by atoms with Crippen LogP contribution in [0.5, 0.6) is 0 Å².